The maximum atomic E-state index is 9.09. The first-order chi connectivity index (χ1) is 9.11. The number of rotatable bonds is 6. The van der Waals surface area contributed by atoms with Gasteiger partial charge in [0.2, 0.25) is 0 Å². The van der Waals surface area contributed by atoms with Gasteiger partial charge in [-0.1, -0.05) is 0 Å². The van der Waals surface area contributed by atoms with Crippen LogP contribution in [0.4, 0.5) is 0 Å². The SMILES string of the molecule is Cc1cc(C)n(CCCn2cncc2C(N)CO)n1. The van der Waals surface area contributed by atoms with Gasteiger partial charge in [0.05, 0.1) is 30.4 Å². The molecule has 19 heavy (non-hydrogen) atoms. The van der Waals surface area contributed by atoms with E-state index in [9.17, 15) is 0 Å². The van der Waals surface area contributed by atoms with Crippen molar-refractivity contribution >= 4 is 0 Å². The lowest BCUT2D eigenvalue weighted by molar-refractivity contribution is 0.262. The van der Waals surface area contributed by atoms with Gasteiger partial charge in [-0.3, -0.25) is 4.68 Å². The van der Waals surface area contributed by atoms with Crippen molar-refractivity contribution in [2.45, 2.75) is 39.4 Å². The summed E-state index contributed by atoms with van der Waals surface area (Å²) in [7, 11) is 0. The summed E-state index contributed by atoms with van der Waals surface area (Å²) >= 11 is 0. The van der Waals surface area contributed by atoms with E-state index in [1.54, 1.807) is 12.5 Å². The molecule has 104 valence electrons. The summed E-state index contributed by atoms with van der Waals surface area (Å²) in [5.41, 5.74) is 8.91. The number of aryl methyl sites for hydroxylation is 4. The molecule has 0 radical (unpaired) electrons. The van der Waals surface area contributed by atoms with Gasteiger partial charge in [-0.15, -0.1) is 0 Å². The molecule has 0 aromatic carbocycles. The van der Waals surface area contributed by atoms with Crippen molar-refractivity contribution in [3.8, 4) is 0 Å². The highest BCUT2D eigenvalue weighted by Crippen LogP contribution is 2.10. The van der Waals surface area contributed by atoms with E-state index in [-0.39, 0.29) is 12.6 Å². The van der Waals surface area contributed by atoms with Crippen molar-refractivity contribution in [1.82, 2.24) is 19.3 Å². The standard InChI is InChI=1S/C13H21N5O/c1-10-6-11(2)18(16-10)5-3-4-17-9-15-7-13(17)12(14)8-19/h6-7,9,12,19H,3-5,8,14H2,1-2H3. The minimum Gasteiger partial charge on any atom is -0.394 e. The average Bonchev–Trinajstić information content (AvgIpc) is 2.96. The van der Waals surface area contributed by atoms with Gasteiger partial charge in [0.1, 0.15) is 0 Å². The third-order valence-electron chi connectivity index (χ3n) is 3.19. The molecule has 0 aliphatic carbocycles. The monoisotopic (exact) mass is 263 g/mol. The maximum absolute atomic E-state index is 9.09. The summed E-state index contributed by atoms with van der Waals surface area (Å²) in [5.74, 6) is 0. The van der Waals surface area contributed by atoms with Gasteiger partial charge in [-0.05, 0) is 26.3 Å². The second-order valence-corrected chi connectivity index (χ2v) is 4.80. The molecule has 2 rings (SSSR count). The Labute approximate surface area is 112 Å². The van der Waals surface area contributed by atoms with Crippen molar-refractivity contribution in [3.63, 3.8) is 0 Å². The zero-order chi connectivity index (χ0) is 13.8. The van der Waals surface area contributed by atoms with E-state index in [1.165, 1.54) is 5.69 Å². The smallest absolute Gasteiger partial charge is 0.0948 e. The fourth-order valence-corrected chi connectivity index (χ4v) is 2.21. The van der Waals surface area contributed by atoms with Gasteiger partial charge in [0.25, 0.3) is 0 Å². The highest BCUT2D eigenvalue weighted by Gasteiger charge is 2.10. The third kappa shape index (κ3) is 3.21. The molecule has 1 unspecified atom stereocenters. The van der Waals surface area contributed by atoms with E-state index in [4.69, 9.17) is 10.8 Å². The molecule has 0 aliphatic heterocycles. The Kier molecular flexibility index (Phi) is 4.34. The van der Waals surface area contributed by atoms with E-state index in [0.29, 0.717) is 0 Å². The molecule has 0 fully saturated rings. The summed E-state index contributed by atoms with van der Waals surface area (Å²) < 4.78 is 4.00. The molecular weight excluding hydrogens is 242 g/mol. The zero-order valence-electron chi connectivity index (χ0n) is 11.5. The predicted octanol–water partition coefficient (Wildman–Crippen LogP) is 0.779. The number of nitrogens with zero attached hydrogens (tertiary/aromatic N) is 4. The van der Waals surface area contributed by atoms with E-state index in [0.717, 1.165) is 30.9 Å². The third-order valence-corrected chi connectivity index (χ3v) is 3.19. The number of nitrogens with two attached hydrogens (primary N) is 1. The molecule has 2 heterocycles. The lowest BCUT2D eigenvalue weighted by Gasteiger charge is -2.12. The largest absolute Gasteiger partial charge is 0.394 e. The summed E-state index contributed by atoms with van der Waals surface area (Å²) in [6.45, 7) is 5.68. The second kappa shape index (κ2) is 5.99. The lowest BCUT2D eigenvalue weighted by atomic mass is 10.2. The van der Waals surface area contributed by atoms with Crippen LogP contribution in [0, 0.1) is 13.8 Å². The van der Waals surface area contributed by atoms with Gasteiger partial charge in [0, 0.05) is 25.0 Å². The van der Waals surface area contributed by atoms with Gasteiger partial charge in [-0.25, -0.2) is 4.98 Å². The summed E-state index contributed by atoms with van der Waals surface area (Å²) in [6, 6.07) is 1.71. The van der Waals surface area contributed by atoms with Crippen LogP contribution in [-0.4, -0.2) is 31.0 Å². The molecule has 0 saturated heterocycles. The van der Waals surface area contributed by atoms with E-state index in [2.05, 4.69) is 23.1 Å². The normalized spacial score (nSPS) is 12.8. The first-order valence-corrected chi connectivity index (χ1v) is 6.49. The van der Waals surface area contributed by atoms with Gasteiger partial charge in [0.15, 0.2) is 0 Å². The Morgan fingerprint density at radius 2 is 2.16 bits per heavy atom. The van der Waals surface area contributed by atoms with E-state index in [1.807, 2.05) is 16.2 Å². The van der Waals surface area contributed by atoms with E-state index >= 15 is 0 Å². The first-order valence-electron chi connectivity index (χ1n) is 6.49. The van der Waals surface area contributed by atoms with Gasteiger partial charge >= 0.3 is 0 Å². The number of aliphatic hydroxyl groups is 1. The number of hydrogen-bond acceptors (Lipinski definition) is 4. The van der Waals surface area contributed by atoms with Crippen LogP contribution in [0.25, 0.3) is 0 Å². The Morgan fingerprint density at radius 1 is 1.37 bits per heavy atom. The Hall–Kier alpha value is -1.66. The molecule has 2 aromatic heterocycles. The summed E-state index contributed by atoms with van der Waals surface area (Å²) in [6.07, 6.45) is 4.42. The van der Waals surface area contributed by atoms with Crippen molar-refractivity contribution in [2.24, 2.45) is 5.73 Å². The lowest BCUT2D eigenvalue weighted by Crippen LogP contribution is -2.19. The molecule has 3 N–H and O–H groups in total. The van der Waals surface area contributed by atoms with Crippen LogP contribution in [-0.2, 0) is 13.1 Å². The Morgan fingerprint density at radius 3 is 2.79 bits per heavy atom. The highest BCUT2D eigenvalue weighted by atomic mass is 16.3. The summed E-state index contributed by atoms with van der Waals surface area (Å²) in [4.78, 5) is 4.09. The van der Waals surface area contributed by atoms with Crippen LogP contribution < -0.4 is 5.73 Å². The van der Waals surface area contributed by atoms with Gasteiger partial charge in [-0.2, -0.15) is 5.10 Å². The fraction of sp³-hybridized carbons (Fsp3) is 0.538. The highest BCUT2D eigenvalue weighted by molar-refractivity contribution is 5.06. The Bertz CT molecular complexity index is 531. The van der Waals surface area contributed by atoms with E-state index < -0.39 is 0 Å². The molecule has 1 atom stereocenters. The molecule has 0 amide bonds. The zero-order valence-corrected chi connectivity index (χ0v) is 11.5. The van der Waals surface area contributed by atoms with Crippen molar-refractivity contribution < 1.29 is 5.11 Å². The minimum absolute atomic E-state index is 0.0663. The van der Waals surface area contributed by atoms with Crippen LogP contribution >= 0.6 is 0 Å². The quantitative estimate of drug-likeness (QED) is 0.807. The summed E-state index contributed by atoms with van der Waals surface area (Å²) in [5, 5.41) is 13.5. The molecule has 0 bridgehead atoms. The fourth-order valence-electron chi connectivity index (χ4n) is 2.21. The van der Waals surface area contributed by atoms with Crippen LogP contribution in [0.2, 0.25) is 0 Å². The minimum atomic E-state index is -0.365. The predicted molar refractivity (Wildman–Crippen MR) is 72.6 cm³/mol. The van der Waals surface area contributed by atoms with Crippen LogP contribution in [0.3, 0.4) is 0 Å². The Balaban J connectivity index is 1.93. The first kappa shape index (κ1) is 13.8. The van der Waals surface area contributed by atoms with Gasteiger partial charge < -0.3 is 15.4 Å². The van der Waals surface area contributed by atoms with Crippen LogP contribution in [0.5, 0.6) is 0 Å². The van der Waals surface area contributed by atoms with Crippen LogP contribution in [0.1, 0.15) is 29.5 Å². The number of aliphatic hydroxyl groups excluding tert-OH is 1. The molecule has 6 heteroatoms. The van der Waals surface area contributed by atoms with Crippen molar-refractivity contribution in [1.29, 1.82) is 0 Å². The molecule has 6 nitrogen and oxygen atoms in total. The molecular formula is C13H21N5O. The molecule has 0 spiro atoms. The molecule has 2 aromatic rings. The number of aromatic nitrogens is 4. The van der Waals surface area contributed by atoms with Crippen molar-refractivity contribution in [3.05, 3.63) is 35.7 Å². The van der Waals surface area contributed by atoms with Crippen LogP contribution in [0.15, 0.2) is 18.6 Å². The maximum Gasteiger partial charge on any atom is 0.0948 e. The van der Waals surface area contributed by atoms with Crippen molar-refractivity contribution in [2.75, 3.05) is 6.61 Å². The molecule has 0 saturated carbocycles. The molecule has 0 aliphatic rings. The number of hydrogen-bond donors (Lipinski definition) is 2. The second-order valence-electron chi connectivity index (χ2n) is 4.80. The number of imidazole rings is 1. The average molecular weight is 263 g/mol. The topological polar surface area (TPSA) is 81.9 Å².